The lowest BCUT2D eigenvalue weighted by Crippen LogP contribution is -2.40. The van der Waals surface area contributed by atoms with E-state index in [0.29, 0.717) is 15.3 Å². The molecule has 0 atom stereocenters. The van der Waals surface area contributed by atoms with E-state index in [0.717, 1.165) is 50.3 Å². The third kappa shape index (κ3) is 7.95. The fourth-order valence-corrected chi connectivity index (χ4v) is 6.88. The van der Waals surface area contributed by atoms with Gasteiger partial charge >= 0.3 is 17.6 Å². The number of nitrogens with zero attached hydrogens (tertiary/aromatic N) is 3. The lowest BCUT2D eigenvalue weighted by molar-refractivity contribution is -0.149. The van der Waals surface area contributed by atoms with Gasteiger partial charge in [-0.15, -0.1) is 11.3 Å². The molecule has 3 heterocycles. The van der Waals surface area contributed by atoms with Crippen molar-refractivity contribution in [3.8, 4) is 0 Å². The van der Waals surface area contributed by atoms with E-state index in [2.05, 4.69) is 63.8 Å². The van der Waals surface area contributed by atoms with Gasteiger partial charge in [-0.25, -0.2) is 9.78 Å². The summed E-state index contributed by atoms with van der Waals surface area (Å²) in [6, 6.07) is 15.6. The molecule has 6 rings (SSSR count). The number of rotatable bonds is 11. The molecular weight excluding hydrogens is 695 g/mol. The first-order valence-corrected chi connectivity index (χ1v) is 16.9. The minimum absolute atomic E-state index is 0.00437. The van der Waals surface area contributed by atoms with Crippen LogP contribution in [-0.4, -0.2) is 66.5 Å². The molecule has 1 aliphatic rings. The van der Waals surface area contributed by atoms with E-state index < -0.39 is 42.5 Å². The zero-order valence-electron chi connectivity index (χ0n) is 27.3. The fourth-order valence-electron chi connectivity index (χ4n) is 5.92. The van der Waals surface area contributed by atoms with E-state index in [9.17, 15) is 24.0 Å². The maximum absolute atomic E-state index is 13.2. The highest BCUT2D eigenvalue weighted by molar-refractivity contribution is 7.71. The Morgan fingerprint density at radius 2 is 1.59 bits per heavy atom. The van der Waals surface area contributed by atoms with Gasteiger partial charge in [-0.05, 0) is 48.2 Å². The number of H-pyrrole nitrogens is 1. The normalized spacial score (nSPS) is 12.1. The minimum atomic E-state index is -1.35. The molecular formula is C36H31N5O8S2. The quantitative estimate of drug-likeness (QED) is 0.131. The van der Waals surface area contributed by atoms with Crippen LogP contribution in [0.3, 0.4) is 0 Å². The van der Waals surface area contributed by atoms with Gasteiger partial charge in [0.05, 0.1) is 18.7 Å². The number of benzene rings is 2. The molecule has 3 aromatic heterocycles. The van der Waals surface area contributed by atoms with Crippen LogP contribution in [0.15, 0.2) is 69.3 Å². The highest BCUT2D eigenvalue weighted by atomic mass is 32.1. The van der Waals surface area contributed by atoms with E-state index in [1.165, 1.54) is 16.0 Å². The number of anilines is 1. The molecule has 0 unspecified atom stereocenters. The number of carbonyl (C=O) groups excluding carboxylic acids is 2. The Balaban J connectivity index is 1.20. The summed E-state index contributed by atoms with van der Waals surface area (Å²) in [7, 11) is 0. The number of hydrogen-bond acceptors (Lipinski definition) is 9. The molecule has 13 nitrogen and oxygen atoms in total. The summed E-state index contributed by atoms with van der Waals surface area (Å²) in [5.74, 6) is -4.06. The van der Waals surface area contributed by atoms with Crippen LogP contribution in [-0.2, 0) is 27.3 Å². The average molecular weight is 726 g/mol. The van der Waals surface area contributed by atoms with Gasteiger partial charge in [0.1, 0.15) is 23.5 Å². The predicted octanol–water partition coefficient (Wildman–Crippen LogP) is 5.08. The molecule has 0 bridgehead atoms. The van der Waals surface area contributed by atoms with Crippen LogP contribution in [0.25, 0.3) is 12.2 Å². The van der Waals surface area contributed by atoms with Crippen LogP contribution in [0, 0.1) is 18.5 Å². The Morgan fingerprint density at radius 1 is 0.961 bits per heavy atom. The molecule has 2 aromatic carbocycles. The first-order valence-electron chi connectivity index (χ1n) is 15.6. The number of fused-ring (bicyclic) bond motifs is 2. The number of carbonyl (C=O) groups is 4. The standard InChI is InChI=1S/C36H31N5O8S2/c1-19-3-8-25-21(11-19)5-6-22-12-20(2)4-9-26(22)32(25)27-15-41(36(48)39-34(27)50)14-24-7-10-28(49-24)33(47)38-35-37-23(18-51-35)13-29(42)40(16-30(43)44)17-31(45)46/h3-12,15,18,32H,13-14,16-17H2,1-2H3,(H,43,44)(H,45,46)(H,37,38,47)(H,39,48,50). The molecule has 5 aromatic rings. The second-order valence-corrected chi connectivity index (χ2v) is 13.3. The van der Waals surface area contributed by atoms with Crippen molar-refractivity contribution in [2.24, 2.45) is 0 Å². The molecule has 4 N–H and O–H groups in total. The smallest absolute Gasteiger partial charge is 0.326 e. The summed E-state index contributed by atoms with van der Waals surface area (Å²) in [5, 5.41) is 22.2. The Morgan fingerprint density at radius 3 is 2.20 bits per heavy atom. The molecule has 0 spiro atoms. The molecule has 0 fully saturated rings. The maximum Gasteiger partial charge on any atom is 0.326 e. The zero-order valence-corrected chi connectivity index (χ0v) is 29.0. The number of hydrogen-bond donors (Lipinski definition) is 4. The van der Waals surface area contributed by atoms with Crippen LogP contribution >= 0.6 is 23.6 Å². The number of aromatic nitrogens is 3. The Kier molecular flexibility index (Phi) is 9.93. The molecule has 0 saturated heterocycles. The summed E-state index contributed by atoms with van der Waals surface area (Å²) in [6.07, 6.45) is 5.58. The number of amides is 2. The molecule has 51 heavy (non-hydrogen) atoms. The van der Waals surface area contributed by atoms with Crippen molar-refractivity contribution in [1.29, 1.82) is 0 Å². The van der Waals surface area contributed by atoms with E-state index >= 15 is 0 Å². The summed E-state index contributed by atoms with van der Waals surface area (Å²) >= 11 is 6.75. The maximum atomic E-state index is 13.2. The number of furan rings is 1. The predicted molar refractivity (Wildman–Crippen MR) is 192 cm³/mol. The molecule has 0 saturated carbocycles. The number of carboxylic acid groups (broad SMARTS) is 2. The molecule has 0 aliphatic heterocycles. The largest absolute Gasteiger partial charge is 0.480 e. The van der Waals surface area contributed by atoms with Gasteiger partial charge in [0.2, 0.25) is 5.91 Å². The number of thiazole rings is 1. The topological polar surface area (TPSA) is 188 Å². The number of aromatic amines is 1. The average Bonchev–Trinajstić information content (AvgIpc) is 3.68. The summed E-state index contributed by atoms with van der Waals surface area (Å²) in [5.41, 5.74) is 6.96. The Labute approximate surface area is 299 Å². The van der Waals surface area contributed by atoms with Crippen LogP contribution in [0.2, 0.25) is 0 Å². The monoisotopic (exact) mass is 725 g/mol. The van der Waals surface area contributed by atoms with E-state index in [1.54, 1.807) is 12.3 Å². The second kappa shape index (κ2) is 14.5. The number of aryl methyl sites for hydroxylation is 2. The van der Waals surface area contributed by atoms with Gasteiger partial charge in [-0.2, -0.15) is 0 Å². The van der Waals surface area contributed by atoms with Gasteiger partial charge in [-0.3, -0.25) is 34.0 Å². The Hall–Kier alpha value is -5.93. The molecule has 260 valence electrons. The Bertz CT molecular complexity index is 2280. The fraction of sp³-hybridized carbons (Fsp3) is 0.194. The SMILES string of the molecule is Cc1ccc2c(c1)C=Cc1cc(C)ccc1C2c1cn(Cc2ccc(C(=O)Nc3nc(CC(=O)N(CC(=O)O)CC(=O)O)cs3)o2)c(=O)[nH]c1=S. The number of aliphatic carboxylic acids is 2. The summed E-state index contributed by atoms with van der Waals surface area (Å²) in [6.45, 7) is 2.53. The van der Waals surface area contributed by atoms with Gasteiger partial charge in [-0.1, -0.05) is 71.9 Å². The van der Waals surface area contributed by atoms with Crippen LogP contribution in [0.1, 0.15) is 66.9 Å². The molecule has 15 heteroatoms. The first-order chi connectivity index (χ1) is 24.3. The van der Waals surface area contributed by atoms with Gasteiger partial charge in [0, 0.05) is 23.1 Å². The van der Waals surface area contributed by atoms with E-state index in [-0.39, 0.29) is 35.5 Å². The minimum Gasteiger partial charge on any atom is -0.480 e. The third-order valence-corrected chi connectivity index (χ3v) is 9.36. The highest BCUT2D eigenvalue weighted by Crippen LogP contribution is 2.40. The van der Waals surface area contributed by atoms with Crippen molar-refractivity contribution in [3.05, 3.63) is 131 Å². The van der Waals surface area contributed by atoms with Crippen molar-refractivity contribution >= 4 is 64.6 Å². The second-order valence-electron chi connectivity index (χ2n) is 12.1. The number of carboxylic acids is 2. The van der Waals surface area contributed by atoms with Gasteiger partial charge < -0.3 is 19.5 Å². The lowest BCUT2D eigenvalue weighted by atomic mass is 9.83. The van der Waals surface area contributed by atoms with Crippen molar-refractivity contribution in [1.82, 2.24) is 19.4 Å². The molecule has 2 amide bonds. The number of nitrogens with one attached hydrogen (secondary N) is 2. The first kappa shape index (κ1) is 34.9. The van der Waals surface area contributed by atoms with Crippen molar-refractivity contribution in [2.75, 3.05) is 18.4 Å². The molecule has 0 radical (unpaired) electrons. The van der Waals surface area contributed by atoms with E-state index in [4.69, 9.17) is 26.8 Å². The molecule has 1 aliphatic carbocycles. The van der Waals surface area contributed by atoms with Crippen LogP contribution < -0.4 is 11.0 Å². The van der Waals surface area contributed by atoms with Crippen molar-refractivity contribution in [2.45, 2.75) is 32.7 Å². The van der Waals surface area contributed by atoms with Crippen LogP contribution in [0.5, 0.6) is 0 Å². The highest BCUT2D eigenvalue weighted by Gasteiger charge is 2.26. The van der Waals surface area contributed by atoms with Gasteiger partial charge in [0.25, 0.3) is 5.91 Å². The summed E-state index contributed by atoms with van der Waals surface area (Å²) < 4.78 is 7.58. The summed E-state index contributed by atoms with van der Waals surface area (Å²) in [4.78, 5) is 68.5. The van der Waals surface area contributed by atoms with Crippen molar-refractivity contribution < 1.29 is 33.8 Å². The third-order valence-electron chi connectivity index (χ3n) is 8.22. The zero-order chi connectivity index (χ0) is 36.4. The van der Waals surface area contributed by atoms with Gasteiger partial charge in [0.15, 0.2) is 10.9 Å². The lowest BCUT2D eigenvalue weighted by Gasteiger charge is -2.22. The van der Waals surface area contributed by atoms with Crippen LogP contribution in [0.4, 0.5) is 5.13 Å². The van der Waals surface area contributed by atoms with Crippen molar-refractivity contribution in [3.63, 3.8) is 0 Å². The van der Waals surface area contributed by atoms with E-state index in [1.807, 2.05) is 13.8 Å².